The van der Waals surface area contributed by atoms with Crippen molar-refractivity contribution in [2.24, 2.45) is 23.7 Å². The van der Waals surface area contributed by atoms with Crippen LogP contribution < -0.4 is 5.32 Å². The van der Waals surface area contributed by atoms with E-state index in [1.165, 1.54) is 11.3 Å². The Morgan fingerprint density at radius 1 is 1.21 bits per heavy atom. The Morgan fingerprint density at radius 2 is 1.84 bits per heavy atom. The summed E-state index contributed by atoms with van der Waals surface area (Å²) in [5.41, 5.74) is 0. The summed E-state index contributed by atoms with van der Waals surface area (Å²) in [4.78, 5) is 27.9. The summed E-state index contributed by atoms with van der Waals surface area (Å²) in [6, 6.07) is 0. The van der Waals surface area contributed by atoms with Crippen LogP contribution in [0.2, 0.25) is 0 Å². The summed E-state index contributed by atoms with van der Waals surface area (Å²) in [7, 11) is 0. The summed E-state index contributed by atoms with van der Waals surface area (Å²) in [6.45, 7) is 0. The van der Waals surface area contributed by atoms with E-state index in [4.69, 9.17) is 0 Å². The number of nitrogens with zero attached hydrogens (tertiary/aromatic N) is 1. The maximum absolute atomic E-state index is 12.4. The molecule has 3 aliphatic carbocycles. The van der Waals surface area contributed by atoms with Gasteiger partial charge in [0.25, 0.3) is 0 Å². The lowest BCUT2D eigenvalue weighted by Crippen LogP contribution is -2.49. The van der Waals surface area contributed by atoms with Crippen LogP contribution in [0.1, 0.15) is 25.7 Å². The second-order valence-electron chi connectivity index (χ2n) is 5.39. The number of thiazole rings is 1. The van der Waals surface area contributed by atoms with Crippen LogP contribution in [0.15, 0.2) is 11.6 Å². The molecule has 3 saturated carbocycles. The first-order valence-electron chi connectivity index (χ1n) is 6.60. The molecule has 0 unspecified atom stereocenters. The number of amides is 1. The standard InChI is InChI=1S/C13H16N2O3S/c16-11(15-13-14-5-6-19-13)9-7-1-3-8(4-2-7)10(9)12(17)18/h5-10H,1-4H2,(H,17,18)(H,14,15,16)/t7?,8?,9-,10+/m0/s1. The molecule has 1 heterocycles. The lowest BCUT2D eigenvalue weighted by Gasteiger charge is -2.45. The van der Waals surface area contributed by atoms with Crippen LogP contribution in [0, 0.1) is 23.7 Å². The SMILES string of the molecule is O=C(O)[C@@H]1C2CCC(CC2)[C@@H]1C(=O)Nc1nccs1. The zero-order valence-electron chi connectivity index (χ0n) is 10.4. The summed E-state index contributed by atoms with van der Waals surface area (Å²) >= 11 is 1.35. The smallest absolute Gasteiger partial charge is 0.307 e. The number of fused-ring (bicyclic) bond motifs is 3. The van der Waals surface area contributed by atoms with Crippen LogP contribution in [0.25, 0.3) is 0 Å². The third-order valence-electron chi connectivity index (χ3n) is 4.47. The molecule has 0 spiro atoms. The topological polar surface area (TPSA) is 79.3 Å². The molecule has 1 amide bonds. The molecule has 0 radical (unpaired) electrons. The number of rotatable bonds is 3. The van der Waals surface area contributed by atoms with Gasteiger partial charge in [0.15, 0.2) is 5.13 Å². The zero-order valence-corrected chi connectivity index (χ0v) is 11.2. The van der Waals surface area contributed by atoms with E-state index >= 15 is 0 Å². The van der Waals surface area contributed by atoms with E-state index in [-0.39, 0.29) is 17.7 Å². The van der Waals surface area contributed by atoms with Gasteiger partial charge in [-0.2, -0.15) is 0 Å². The van der Waals surface area contributed by atoms with Crippen LogP contribution >= 0.6 is 11.3 Å². The quantitative estimate of drug-likeness (QED) is 0.889. The highest BCUT2D eigenvalue weighted by Gasteiger charge is 2.50. The van der Waals surface area contributed by atoms with E-state index in [0.29, 0.717) is 5.13 Å². The molecule has 4 rings (SSSR count). The highest BCUT2D eigenvalue weighted by molar-refractivity contribution is 7.13. The van der Waals surface area contributed by atoms with E-state index < -0.39 is 17.8 Å². The van der Waals surface area contributed by atoms with Gasteiger partial charge in [0.1, 0.15) is 0 Å². The monoisotopic (exact) mass is 280 g/mol. The molecule has 5 nitrogen and oxygen atoms in total. The fourth-order valence-corrected chi connectivity index (χ4v) is 4.19. The molecule has 6 heteroatoms. The third-order valence-corrected chi connectivity index (χ3v) is 5.16. The Hall–Kier alpha value is -1.43. The van der Waals surface area contributed by atoms with Gasteiger partial charge in [-0.25, -0.2) is 4.98 Å². The van der Waals surface area contributed by atoms with Crippen LogP contribution in [0.3, 0.4) is 0 Å². The molecular formula is C13H16N2O3S. The van der Waals surface area contributed by atoms with E-state index in [2.05, 4.69) is 10.3 Å². The van der Waals surface area contributed by atoms with E-state index in [0.717, 1.165) is 25.7 Å². The lowest BCUT2D eigenvalue weighted by molar-refractivity contribution is -0.156. The number of carboxylic acids is 1. The van der Waals surface area contributed by atoms with Crippen molar-refractivity contribution in [2.45, 2.75) is 25.7 Å². The summed E-state index contributed by atoms with van der Waals surface area (Å²) in [5, 5.41) is 14.5. The number of nitrogens with one attached hydrogen (secondary N) is 1. The highest BCUT2D eigenvalue weighted by atomic mass is 32.1. The number of anilines is 1. The number of carbonyl (C=O) groups is 2. The molecule has 2 N–H and O–H groups in total. The van der Waals surface area contributed by atoms with Crippen molar-refractivity contribution < 1.29 is 14.7 Å². The molecule has 102 valence electrons. The fraction of sp³-hybridized carbons (Fsp3) is 0.615. The Morgan fingerprint density at radius 3 is 2.37 bits per heavy atom. The van der Waals surface area contributed by atoms with Crippen molar-refractivity contribution in [2.75, 3.05) is 5.32 Å². The number of hydrogen-bond acceptors (Lipinski definition) is 4. The Labute approximate surface area is 115 Å². The van der Waals surface area contributed by atoms with Crippen LogP contribution in [-0.2, 0) is 9.59 Å². The Kier molecular flexibility index (Phi) is 3.26. The summed E-state index contributed by atoms with van der Waals surface area (Å²) in [6.07, 6.45) is 5.47. The maximum atomic E-state index is 12.4. The van der Waals surface area contributed by atoms with Crippen LogP contribution in [0.4, 0.5) is 5.13 Å². The molecule has 0 aliphatic heterocycles. The molecule has 0 aromatic carbocycles. The molecule has 19 heavy (non-hydrogen) atoms. The molecular weight excluding hydrogens is 264 g/mol. The second kappa shape index (κ2) is 4.92. The predicted molar refractivity (Wildman–Crippen MR) is 70.8 cm³/mol. The molecule has 3 aliphatic rings. The fourth-order valence-electron chi connectivity index (χ4n) is 3.66. The minimum atomic E-state index is -0.825. The minimum absolute atomic E-state index is 0.162. The van der Waals surface area contributed by atoms with Gasteiger partial charge in [-0.1, -0.05) is 0 Å². The Bertz CT molecular complexity index is 480. The molecule has 2 atom stereocenters. The first-order chi connectivity index (χ1) is 9.16. The average molecular weight is 280 g/mol. The van der Waals surface area contributed by atoms with Crippen LogP contribution in [-0.4, -0.2) is 22.0 Å². The van der Waals surface area contributed by atoms with E-state index in [1.54, 1.807) is 11.6 Å². The third kappa shape index (κ3) is 2.25. The van der Waals surface area contributed by atoms with Gasteiger partial charge in [0.05, 0.1) is 11.8 Å². The molecule has 3 fully saturated rings. The molecule has 1 aromatic rings. The largest absolute Gasteiger partial charge is 0.481 e. The normalized spacial score (nSPS) is 33.1. The highest BCUT2D eigenvalue weighted by Crippen LogP contribution is 2.49. The number of carboxylic acid groups (broad SMARTS) is 1. The van der Waals surface area contributed by atoms with Crippen molar-refractivity contribution in [1.82, 2.24) is 4.98 Å². The molecule has 0 saturated heterocycles. The molecule has 2 bridgehead atoms. The minimum Gasteiger partial charge on any atom is -0.481 e. The van der Waals surface area contributed by atoms with Crippen molar-refractivity contribution >= 4 is 28.3 Å². The first kappa shape index (κ1) is 12.6. The first-order valence-corrected chi connectivity index (χ1v) is 7.48. The zero-order chi connectivity index (χ0) is 13.4. The van der Waals surface area contributed by atoms with Crippen molar-refractivity contribution in [3.8, 4) is 0 Å². The second-order valence-corrected chi connectivity index (χ2v) is 6.29. The Balaban J connectivity index is 1.80. The van der Waals surface area contributed by atoms with Gasteiger partial charge in [-0.05, 0) is 37.5 Å². The lowest BCUT2D eigenvalue weighted by atomic mass is 9.58. The maximum Gasteiger partial charge on any atom is 0.307 e. The molecule has 1 aromatic heterocycles. The summed E-state index contributed by atoms with van der Waals surface area (Å²) < 4.78 is 0. The van der Waals surface area contributed by atoms with Gasteiger partial charge < -0.3 is 10.4 Å². The number of hydrogen-bond donors (Lipinski definition) is 2. The average Bonchev–Trinajstić information content (AvgIpc) is 2.91. The number of carbonyl (C=O) groups excluding carboxylic acids is 1. The number of aliphatic carboxylic acids is 1. The van der Waals surface area contributed by atoms with Crippen LogP contribution in [0.5, 0.6) is 0 Å². The van der Waals surface area contributed by atoms with Crippen molar-refractivity contribution in [1.29, 1.82) is 0 Å². The van der Waals surface area contributed by atoms with Crippen molar-refractivity contribution in [3.05, 3.63) is 11.6 Å². The van der Waals surface area contributed by atoms with Crippen molar-refractivity contribution in [3.63, 3.8) is 0 Å². The van der Waals surface area contributed by atoms with E-state index in [1.807, 2.05) is 0 Å². The van der Waals surface area contributed by atoms with Gasteiger partial charge in [0.2, 0.25) is 5.91 Å². The van der Waals surface area contributed by atoms with Gasteiger partial charge in [-0.15, -0.1) is 11.3 Å². The summed E-state index contributed by atoms with van der Waals surface area (Å²) in [5.74, 6) is -1.53. The van der Waals surface area contributed by atoms with Gasteiger partial charge >= 0.3 is 5.97 Å². The predicted octanol–water partition coefficient (Wildman–Crippen LogP) is 2.22. The number of aromatic nitrogens is 1. The van der Waals surface area contributed by atoms with Gasteiger partial charge in [-0.3, -0.25) is 9.59 Å². The van der Waals surface area contributed by atoms with E-state index in [9.17, 15) is 14.7 Å². The van der Waals surface area contributed by atoms with Gasteiger partial charge in [0, 0.05) is 11.6 Å².